The van der Waals surface area contributed by atoms with Crippen LogP contribution < -0.4 is 0 Å². The Morgan fingerprint density at radius 3 is 3.31 bits per heavy atom. The largest absolute Gasteiger partial charge is 0.463 e. The number of hydrogen-bond donors (Lipinski definition) is 0. The van der Waals surface area contributed by atoms with Gasteiger partial charge in [-0.3, -0.25) is 0 Å². The zero-order chi connectivity index (χ0) is 8.84. The highest BCUT2D eigenvalue weighted by Crippen LogP contribution is 2.23. The number of rotatable bonds is 0. The molecule has 0 N–H and O–H groups in total. The van der Waals surface area contributed by atoms with Crippen LogP contribution in [0.5, 0.6) is 0 Å². The fraction of sp³-hybridized carbons (Fsp3) is 0.222. The first-order valence-corrected chi connectivity index (χ1v) is 4.10. The van der Waals surface area contributed by atoms with Gasteiger partial charge in [-0.05, 0) is 0 Å². The summed E-state index contributed by atoms with van der Waals surface area (Å²) < 4.78 is 12.0. The van der Waals surface area contributed by atoms with Crippen molar-refractivity contribution in [3.63, 3.8) is 0 Å². The summed E-state index contributed by atoms with van der Waals surface area (Å²) >= 11 is 0. The van der Waals surface area contributed by atoms with E-state index in [1.807, 2.05) is 10.6 Å². The van der Waals surface area contributed by atoms with Gasteiger partial charge in [0.05, 0.1) is 18.3 Å². The molecular formula is C9H7NO3. The maximum Gasteiger partial charge on any atom is 0.355 e. The average Bonchev–Trinajstić information content (AvgIpc) is 2.65. The molecule has 0 aromatic carbocycles. The molecule has 0 saturated heterocycles. The summed E-state index contributed by atoms with van der Waals surface area (Å²) in [5.74, 6) is -0.266. The van der Waals surface area contributed by atoms with Crippen molar-refractivity contribution < 1.29 is 13.9 Å². The van der Waals surface area contributed by atoms with Crippen molar-refractivity contribution in [1.29, 1.82) is 0 Å². The van der Waals surface area contributed by atoms with Crippen LogP contribution in [0.25, 0.3) is 11.1 Å². The van der Waals surface area contributed by atoms with Gasteiger partial charge >= 0.3 is 5.97 Å². The highest BCUT2D eigenvalue weighted by Gasteiger charge is 2.22. The van der Waals surface area contributed by atoms with Gasteiger partial charge in [0.15, 0.2) is 5.58 Å². The summed E-state index contributed by atoms with van der Waals surface area (Å²) in [6.07, 6.45) is 1.62. The predicted octanol–water partition coefficient (Wildman–Crippen LogP) is 1.40. The maximum atomic E-state index is 11.3. The van der Waals surface area contributed by atoms with Gasteiger partial charge in [-0.1, -0.05) is 0 Å². The van der Waals surface area contributed by atoms with E-state index in [2.05, 4.69) is 0 Å². The van der Waals surface area contributed by atoms with Crippen LogP contribution in [0, 0.1) is 0 Å². The number of fused-ring (bicyclic) bond motifs is 3. The normalized spacial score (nSPS) is 15.8. The lowest BCUT2D eigenvalue weighted by Crippen LogP contribution is -2.22. The second-order valence-electron chi connectivity index (χ2n) is 2.99. The second-order valence-corrected chi connectivity index (χ2v) is 2.99. The van der Waals surface area contributed by atoms with Gasteiger partial charge in [0.1, 0.15) is 12.3 Å². The number of ether oxygens (including phenoxy) is 1. The van der Waals surface area contributed by atoms with E-state index in [1.54, 1.807) is 12.3 Å². The van der Waals surface area contributed by atoms with Crippen molar-refractivity contribution in [3.8, 4) is 0 Å². The number of esters is 1. The molecule has 13 heavy (non-hydrogen) atoms. The number of furan rings is 1. The lowest BCUT2D eigenvalue weighted by atomic mass is 10.4. The molecular weight excluding hydrogens is 170 g/mol. The molecule has 4 heteroatoms. The maximum absolute atomic E-state index is 11.3. The van der Waals surface area contributed by atoms with Gasteiger partial charge in [0.2, 0.25) is 0 Å². The molecule has 0 spiro atoms. The van der Waals surface area contributed by atoms with Crippen LogP contribution in [0.2, 0.25) is 0 Å². The van der Waals surface area contributed by atoms with Gasteiger partial charge in [-0.2, -0.15) is 0 Å². The zero-order valence-electron chi connectivity index (χ0n) is 6.82. The molecule has 3 heterocycles. The number of carbonyl (C=O) groups excluding carboxylic acids is 1. The van der Waals surface area contributed by atoms with Crippen molar-refractivity contribution in [2.45, 2.75) is 6.54 Å². The molecule has 2 aromatic rings. The Bertz CT molecular complexity index is 480. The minimum absolute atomic E-state index is 0.266. The number of cyclic esters (lactones) is 1. The van der Waals surface area contributed by atoms with Crippen molar-refractivity contribution in [3.05, 3.63) is 24.1 Å². The monoisotopic (exact) mass is 177 g/mol. The van der Waals surface area contributed by atoms with Crippen LogP contribution in [0.3, 0.4) is 0 Å². The highest BCUT2D eigenvalue weighted by atomic mass is 16.5. The number of carbonyl (C=O) groups is 1. The van der Waals surface area contributed by atoms with Crippen LogP contribution in [-0.4, -0.2) is 17.1 Å². The topological polar surface area (TPSA) is 44.4 Å². The van der Waals surface area contributed by atoms with Crippen LogP contribution in [0.1, 0.15) is 10.5 Å². The van der Waals surface area contributed by atoms with E-state index in [4.69, 9.17) is 9.15 Å². The van der Waals surface area contributed by atoms with Crippen LogP contribution in [-0.2, 0) is 11.3 Å². The molecule has 66 valence electrons. The smallest absolute Gasteiger partial charge is 0.355 e. The van der Waals surface area contributed by atoms with E-state index in [9.17, 15) is 4.79 Å². The molecule has 0 bridgehead atoms. The van der Waals surface area contributed by atoms with E-state index < -0.39 is 0 Å². The summed E-state index contributed by atoms with van der Waals surface area (Å²) in [7, 11) is 0. The summed E-state index contributed by atoms with van der Waals surface area (Å²) in [6.45, 7) is 1.16. The molecule has 0 aliphatic carbocycles. The first kappa shape index (κ1) is 6.77. The van der Waals surface area contributed by atoms with Crippen LogP contribution >= 0.6 is 0 Å². The van der Waals surface area contributed by atoms with E-state index in [0.29, 0.717) is 18.8 Å². The third kappa shape index (κ3) is 0.771. The molecule has 0 fully saturated rings. The molecule has 0 radical (unpaired) electrons. The van der Waals surface area contributed by atoms with E-state index in [0.717, 1.165) is 11.1 Å². The van der Waals surface area contributed by atoms with Gasteiger partial charge in [-0.15, -0.1) is 0 Å². The number of nitrogens with zero attached hydrogens (tertiary/aromatic N) is 1. The standard InChI is InChI=1S/C9H7NO3/c11-9-7-5-8-6(1-3-12-8)10(7)2-4-13-9/h1,3,5H,2,4H2. The number of hydrogen-bond acceptors (Lipinski definition) is 3. The summed E-state index contributed by atoms with van der Waals surface area (Å²) in [4.78, 5) is 11.3. The van der Waals surface area contributed by atoms with E-state index >= 15 is 0 Å². The Kier molecular flexibility index (Phi) is 1.12. The molecule has 1 aliphatic rings. The van der Waals surface area contributed by atoms with E-state index in [-0.39, 0.29) is 5.97 Å². The minimum Gasteiger partial charge on any atom is -0.463 e. The Labute approximate surface area is 73.7 Å². The first-order valence-electron chi connectivity index (χ1n) is 4.10. The van der Waals surface area contributed by atoms with Gasteiger partial charge in [-0.25, -0.2) is 4.79 Å². The Morgan fingerprint density at radius 2 is 2.38 bits per heavy atom. The zero-order valence-corrected chi connectivity index (χ0v) is 6.82. The van der Waals surface area contributed by atoms with Crippen molar-refractivity contribution in [2.24, 2.45) is 0 Å². The Morgan fingerprint density at radius 1 is 1.46 bits per heavy atom. The van der Waals surface area contributed by atoms with Gasteiger partial charge in [0, 0.05) is 12.1 Å². The minimum atomic E-state index is -0.266. The van der Waals surface area contributed by atoms with Crippen molar-refractivity contribution in [1.82, 2.24) is 4.57 Å². The lowest BCUT2D eigenvalue weighted by molar-refractivity contribution is 0.0426. The molecule has 0 atom stereocenters. The average molecular weight is 177 g/mol. The summed E-state index contributed by atoms with van der Waals surface area (Å²) in [5.41, 5.74) is 2.29. The first-order chi connectivity index (χ1) is 6.36. The third-order valence-corrected chi connectivity index (χ3v) is 2.28. The molecule has 0 unspecified atom stereocenters. The fourth-order valence-electron chi connectivity index (χ4n) is 1.69. The Hall–Kier alpha value is -1.71. The summed E-state index contributed by atoms with van der Waals surface area (Å²) in [5, 5.41) is 0. The van der Waals surface area contributed by atoms with Crippen LogP contribution in [0.4, 0.5) is 0 Å². The number of aromatic nitrogens is 1. The molecule has 4 nitrogen and oxygen atoms in total. The fourth-order valence-corrected chi connectivity index (χ4v) is 1.69. The van der Waals surface area contributed by atoms with Gasteiger partial charge < -0.3 is 13.7 Å². The lowest BCUT2D eigenvalue weighted by Gasteiger charge is -2.14. The summed E-state index contributed by atoms with van der Waals surface area (Å²) in [6, 6.07) is 3.58. The predicted molar refractivity (Wildman–Crippen MR) is 44.5 cm³/mol. The molecule has 0 saturated carbocycles. The van der Waals surface area contributed by atoms with Crippen molar-refractivity contribution in [2.75, 3.05) is 6.61 Å². The van der Waals surface area contributed by atoms with E-state index in [1.165, 1.54) is 0 Å². The molecule has 3 rings (SSSR count). The van der Waals surface area contributed by atoms with Crippen molar-refractivity contribution >= 4 is 17.1 Å². The Balaban J connectivity index is 2.37. The van der Waals surface area contributed by atoms with Gasteiger partial charge in [0.25, 0.3) is 0 Å². The molecule has 2 aromatic heterocycles. The molecule has 1 aliphatic heterocycles. The molecule has 0 amide bonds. The second kappa shape index (κ2) is 2.16. The van der Waals surface area contributed by atoms with Crippen LogP contribution in [0.15, 0.2) is 22.8 Å². The third-order valence-electron chi connectivity index (χ3n) is 2.28. The SMILES string of the molecule is O=C1OCCn2c1cc1occc12. The quantitative estimate of drug-likeness (QED) is 0.571. The highest BCUT2D eigenvalue weighted by molar-refractivity contribution is 5.94.